The van der Waals surface area contributed by atoms with Crippen LogP contribution in [0, 0.1) is 5.82 Å². The van der Waals surface area contributed by atoms with E-state index in [2.05, 4.69) is 25.0 Å². The van der Waals surface area contributed by atoms with Crippen molar-refractivity contribution in [3.8, 4) is 11.5 Å². The Kier molecular flexibility index (Phi) is 4.40. The number of anilines is 1. The Morgan fingerprint density at radius 2 is 1.90 bits per heavy atom. The number of benzene rings is 1. The summed E-state index contributed by atoms with van der Waals surface area (Å²) >= 11 is 0. The molecule has 0 spiro atoms. The molecule has 7 nitrogen and oxygen atoms in total. The first-order chi connectivity index (χ1) is 14.2. The standard InChI is InChI=1S/C21H19FN6O/c22-18-6-2-1-4-14(18)12-28-21-17(5-3-8-23-21)19(26-28)20-24-10-15(11-25-20)27-9-7-16(29)13-27/h1-6,8,10-11,16,29H,7,9,12-13H2. The van der Waals surface area contributed by atoms with Gasteiger partial charge in [0.1, 0.15) is 11.5 Å². The van der Waals surface area contributed by atoms with Crippen LogP contribution in [0.2, 0.25) is 0 Å². The molecular weight excluding hydrogens is 371 g/mol. The van der Waals surface area contributed by atoms with Gasteiger partial charge in [0.2, 0.25) is 0 Å². The maximum Gasteiger partial charge on any atom is 0.180 e. The van der Waals surface area contributed by atoms with Crippen molar-refractivity contribution in [3.05, 3.63) is 66.4 Å². The summed E-state index contributed by atoms with van der Waals surface area (Å²) in [6, 6.07) is 10.4. The van der Waals surface area contributed by atoms with E-state index in [4.69, 9.17) is 0 Å². The van der Waals surface area contributed by atoms with Gasteiger partial charge >= 0.3 is 0 Å². The quantitative estimate of drug-likeness (QED) is 0.577. The van der Waals surface area contributed by atoms with E-state index >= 15 is 0 Å². The van der Waals surface area contributed by atoms with Gasteiger partial charge in [-0.1, -0.05) is 18.2 Å². The van der Waals surface area contributed by atoms with Crippen LogP contribution in [0.15, 0.2) is 55.0 Å². The first-order valence-corrected chi connectivity index (χ1v) is 9.49. The lowest BCUT2D eigenvalue weighted by atomic mass is 10.2. The normalized spacial score (nSPS) is 16.6. The number of aliphatic hydroxyl groups is 1. The number of fused-ring (bicyclic) bond motifs is 1. The summed E-state index contributed by atoms with van der Waals surface area (Å²) in [4.78, 5) is 15.5. The molecule has 1 N–H and O–H groups in total. The smallest absolute Gasteiger partial charge is 0.180 e. The van der Waals surface area contributed by atoms with E-state index in [1.54, 1.807) is 41.5 Å². The van der Waals surface area contributed by atoms with Gasteiger partial charge in [0.05, 0.1) is 36.1 Å². The first kappa shape index (κ1) is 17.7. The van der Waals surface area contributed by atoms with Crippen LogP contribution in [-0.4, -0.2) is 49.0 Å². The third-order valence-electron chi connectivity index (χ3n) is 5.16. The van der Waals surface area contributed by atoms with Crippen molar-refractivity contribution in [1.82, 2.24) is 24.7 Å². The second kappa shape index (κ2) is 7.21. The highest BCUT2D eigenvalue weighted by molar-refractivity contribution is 5.89. The molecule has 3 aromatic heterocycles. The van der Waals surface area contributed by atoms with E-state index < -0.39 is 0 Å². The molecule has 29 heavy (non-hydrogen) atoms. The average molecular weight is 390 g/mol. The van der Waals surface area contributed by atoms with Crippen molar-refractivity contribution in [2.75, 3.05) is 18.0 Å². The molecule has 4 heterocycles. The van der Waals surface area contributed by atoms with Gasteiger partial charge in [0.25, 0.3) is 0 Å². The van der Waals surface area contributed by atoms with Crippen molar-refractivity contribution in [1.29, 1.82) is 0 Å². The van der Waals surface area contributed by atoms with E-state index in [-0.39, 0.29) is 18.5 Å². The maximum atomic E-state index is 14.1. The van der Waals surface area contributed by atoms with Crippen molar-refractivity contribution in [3.63, 3.8) is 0 Å². The molecule has 0 radical (unpaired) electrons. The summed E-state index contributed by atoms with van der Waals surface area (Å²) in [7, 11) is 0. The van der Waals surface area contributed by atoms with Crippen LogP contribution in [0.1, 0.15) is 12.0 Å². The number of β-amino-alcohol motifs (C(OH)–C–C–N with tert-alkyl or cyclic N) is 1. The maximum absolute atomic E-state index is 14.1. The number of halogens is 1. The van der Waals surface area contributed by atoms with Crippen LogP contribution in [0.4, 0.5) is 10.1 Å². The van der Waals surface area contributed by atoms with E-state index in [0.29, 0.717) is 29.3 Å². The van der Waals surface area contributed by atoms with Crippen LogP contribution < -0.4 is 4.90 Å². The molecule has 1 aliphatic heterocycles. The van der Waals surface area contributed by atoms with Gasteiger partial charge in [-0.15, -0.1) is 0 Å². The van der Waals surface area contributed by atoms with Gasteiger partial charge in [-0.2, -0.15) is 5.10 Å². The second-order valence-corrected chi connectivity index (χ2v) is 7.13. The number of hydrogen-bond donors (Lipinski definition) is 1. The molecule has 0 saturated carbocycles. The molecule has 1 atom stereocenters. The molecule has 5 rings (SSSR count). The summed E-state index contributed by atoms with van der Waals surface area (Å²) < 4.78 is 15.8. The number of rotatable bonds is 4. The summed E-state index contributed by atoms with van der Waals surface area (Å²) in [6.07, 6.45) is 5.63. The monoisotopic (exact) mass is 390 g/mol. The predicted octanol–water partition coefficient (Wildman–Crippen LogP) is 2.65. The molecule has 0 amide bonds. The average Bonchev–Trinajstić information content (AvgIpc) is 3.34. The zero-order valence-corrected chi connectivity index (χ0v) is 15.6. The van der Waals surface area contributed by atoms with Gasteiger partial charge in [-0.25, -0.2) is 24.0 Å². The highest BCUT2D eigenvalue weighted by atomic mass is 19.1. The van der Waals surface area contributed by atoms with Gasteiger partial charge in [-0.05, 0) is 24.6 Å². The highest BCUT2D eigenvalue weighted by Crippen LogP contribution is 2.26. The molecule has 0 bridgehead atoms. The van der Waals surface area contributed by atoms with Crippen molar-refractivity contribution in [2.24, 2.45) is 0 Å². The minimum Gasteiger partial charge on any atom is -0.391 e. The van der Waals surface area contributed by atoms with E-state index in [0.717, 1.165) is 24.0 Å². The van der Waals surface area contributed by atoms with Crippen molar-refractivity contribution >= 4 is 16.7 Å². The van der Waals surface area contributed by atoms with Crippen LogP contribution >= 0.6 is 0 Å². The SMILES string of the molecule is OC1CCN(c2cnc(-c3nn(Cc4ccccc4F)c4ncccc34)nc2)C1. The third-order valence-corrected chi connectivity index (χ3v) is 5.16. The van der Waals surface area contributed by atoms with E-state index in [1.807, 2.05) is 12.1 Å². The lowest BCUT2D eigenvalue weighted by Crippen LogP contribution is -2.21. The van der Waals surface area contributed by atoms with Crippen LogP contribution in [0.3, 0.4) is 0 Å². The molecular formula is C21H19FN6O. The fourth-order valence-corrected chi connectivity index (χ4v) is 3.66. The Morgan fingerprint density at radius 1 is 1.07 bits per heavy atom. The van der Waals surface area contributed by atoms with Gasteiger partial charge in [0.15, 0.2) is 11.5 Å². The lowest BCUT2D eigenvalue weighted by molar-refractivity contribution is 0.198. The highest BCUT2D eigenvalue weighted by Gasteiger charge is 2.22. The van der Waals surface area contributed by atoms with E-state index in [9.17, 15) is 9.50 Å². The Morgan fingerprint density at radius 3 is 2.66 bits per heavy atom. The van der Waals surface area contributed by atoms with Crippen LogP contribution in [-0.2, 0) is 6.54 Å². The van der Waals surface area contributed by atoms with Crippen molar-refractivity contribution < 1.29 is 9.50 Å². The first-order valence-electron chi connectivity index (χ1n) is 9.49. The fraction of sp³-hybridized carbons (Fsp3) is 0.238. The Bertz CT molecular complexity index is 1160. The molecule has 1 unspecified atom stereocenters. The minimum absolute atomic E-state index is 0.268. The third kappa shape index (κ3) is 3.31. The number of nitrogens with zero attached hydrogens (tertiary/aromatic N) is 6. The van der Waals surface area contributed by atoms with Crippen molar-refractivity contribution in [2.45, 2.75) is 19.1 Å². The summed E-state index contributed by atoms with van der Waals surface area (Å²) in [5, 5.41) is 15.2. The largest absolute Gasteiger partial charge is 0.391 e. The zero-order chi connectivity index (χ0) is 19.8. The zero-order valence-electron chi connectivity index (χ0n) is 15.6. The topological polar surface area (TPSA) is 80.0 Å². The van der Waals surface area contributed by atoms with Crippen LogP contribution in [0.25, 0.3) is 22.6 Å². The Labute approximate surface area is 166 Å². The van der Waals surface area contributed by atoms with Gasteiger partial charge in [-0.3, -0.25) is 0 Å². The molecule has 4 aromatic rings. The fourth-order valence-electron chi connectivity index (χ4n) is 3.66. The molecule has 1 saturated heterocycles. The molecule has 8 heteroatoms. The second-order valence-electron chi connectivity index (χ2n) is 7.13. The Balaban J connectivity index is 1.51. The molecule has 146 valence electrons. The van der Waals surface area contributed by atoms with Crippen LogP contribution in [0.5, 0.6) is 0 Å². The summed E-state index contributed by atoms with van der Waals surface area (Å²) in [6.45, 7) is 1.64. The number of aliphatic hydroxyl groups excluding tert-OH is 1. The lowest BCUT2D eigenvalue weighted by Gasteiger charge is -2.16. The molecule has 1 aromatic carbocycles. The van der Waals surface area contributed by atoms with Gasteiger partial charge < -0.3 is 10.0 Å². The predicted molar refractivity (Wildman–Crippen MR) is 107 cm³/mol. The number of pyridine rings is 1. The summed E-state index contributed by atoms with van der Waals surface area (Å²) in [5.74, 6) is 0.209. The minimum atomic E-state index is -0.307. The Hall–Kier alpha value is -3.39. The van der Waals surface area contributed by atoms with Gasteiger partial charge in [0, 0.05) is 24.8 Å². The molecule has 0 aliphatic carbocycles. The molecule has 1 aliphatic rings. The summed E-state index contributed by atoms with van der Waals surface area (Å²) in [5.41, 5.74) is 2.68. The number of aromatic nitrogens is 5. The van der Waals surface area contributed by atoms with E-state index in [1.165, 1.54) is 6.07 Å². The molecule has 1 fully saturated rings. The number of hydrogen-bond acceptors (Lipinski definition) is 6.